The van der Waals surface area contributed by atoms with Crippen LogP contribution >= 0.6 is 0 Å². The van der Waals surface area contributed by atoms with Crippen molar-refractivity contribution in [1.82, 2.24) is 24.8 Å². The van der Waals surface area contributed by atoms with Crippen molar-refractivity contribution < 1.29 is 18.3 Å². The molecule has 2 aromatic carbocycles. The van der Waals surface area contributed by atoms with Gasteiger partial charge in [-0.3, -0.25) is 4.57 Å². The standard InChI is InChI=1S/C43H66N6O4Si2/c1-42(2,3)54(8,9)52-37-34(28-50-7)51-41(38(37)53-55(10,11)43(4,5)6)49-29-46-36-39(47-35(48-40(36)49)24-25-44-26-30-22-23-30)45-27-33(31-18-14-12-15-19-31)32-20-16-13-17-21-32/h12-21,29-30,33-34,37-38,41,44H,22-28H2,1-11H3,(H,45,47,48). The molecule has 0 radical (unpaired) electrons. The van der Waals surface area contributed by atoms with Crippen LogP contribution < -0.4 is 10.6 Å². The number of nitrogens with zero attached hydrogens (tertiary/aromatic N) is 4. The molecule has 1 saturated heterocycles. The first-order valence-electron chi connectivity index (χ1n) is 20.3. The Hall–Kier alpha value is -2.98. The lowest BCUT2D eigenvalue weighted by Crippen LogP contribution is -2.54. The molecule has 6 rings (SSSR count). The van der Waals surface area contributed by atoms with Gasteiger partial charge < -0.3 is 29.0 Å². The first-order chi connectivity index (χ1) is 26.0. The van der Waals surface area contributed by atoms with Crippen molar-refractivity contribution in [2.75, 3.05) is 38.7 Å². The lowest BCUT2D eigenvalue weighted by molar-refractivity contribution is -0.0562. The van der Waals surface area contributed by atoms with E-state index in [1.807, 2.05) is 6.33 Å². The van der Waals surface area contributed by atoms with Crippen LogP contribution in [0.5, 0.6) is 0 Å². The monoisotopic (exact) mass is 786 g/mol. The fourth-order valence-electron chi connectivity index (χ4n) is 6.74. The number of benzene rings is 2. The minimum atomic E-state index is -2.32. The summed E-state index contributed by atoms with van der Waals surface area (Å²) in [6.45, 7) is 25.7. The molecule has 0 spiro atoms. The topological polar surface area (TPSA) is 105 Å². The van der Waals surface area contributed by atoms with E-state index >= 15 is 0 Å². The maximum absolute atomic E-state index is 7.38. The Morgan fingerprint density at radius 1 is 0.836 bits per heavy atom. The lowest BCUT2D eigenvalue weighted by Gasteiger charge is -2.44. The van der Waals surface area contributed by atoms with Crippen molar-refractivity contribution in [3.8, 4) is 0 Å². The van der Waals surface area contributed by atoms with Crippen molar-refractivity contribution in [3.05, 3.63) is 83.9 Å². The zero-order chi connectivity index (χ0) is 39.6. The third-order valence-corrected chi connectivity index (χ3v) is 21.3. The molecule has 3 heterocycles. The maximum atomic E-state index is 7.38. The third-order valence-electron chi connectivity index (χ3n) is 12.4. The molecule has 4 atom stereocenters. The van der Waals surface area contributed by atoms with Crippen LogP contribution in [0.2, 0.25) is 36.3 Å². The number of ether oxygens (including phenoxy) is 2. The van der Waals surface area contributed by atoms with Crippen molar-refractivity contribution in [2.45, 2.75) is 128 Å². The molecule has 4 aromatic rings. The summed E-state index contributed by atoms with van der Waals surface area (Å²) in [5.74, 6) is 2.40. The number of anilines is 1. The molecular formula is C43H66N6O4Si2. The normalized spacial score (nSPS) is 21.2. The lowest BCUT2D eigenvalue weighted by atomic mass is 9.91. The van der Waals surface area contributed by atoms with Crippen molar-refractivity contribution in [2.24, 2.45) is 5.92 Å². The fourth-order valence-corrected chi connectivity index (χ4v) is 9.35. The second-order valence-electron chi connectivity index (χ2n) is 18.7. The predicted octanol–water partition coefficient (Wildman–Crippen LogP) is 8.94. The van der Waals surface area contributed by atoms with Gasteiger partial charge in [-0.15, -0.1) is 0 Å². The highest BCUT2D eigenvalue weighted by molar-refractivity contribution is 6.74. The van der Waals surface area contributed by atoms with E-state index in [9.17, 15) is 0 Å². The molecule has 4 unspecified atom stereocenters. The summed E-state index contributed by atoms with van der Waals surface area (Å²) in [7, 11) is -2.85. The van der Waals surface area contributed by atoms with Gasteiger partial charge in [0.05, 0.1) is 12.9 Å². The van der Waals surface area contributed by atoms with Crippen molar-refractivity contribution >= 4 is 33.6 Å². The number of hydrogen-bond donors (Lipinski definition) is 2. The van der Waals surface area contributed by atoms with Crippen molar-refractivity contribution in [1.29, 1.82) is 0 Å². The minimum Gasteiger partial charge on any atom is -0.408 e. The smallest absolute Gasteiger partial charge is 0.192 e. The second kappa shape index (κ2) is 16.9. The van der Waals surface area contributed by atoms with Crippen LogP contribution in [-0.2, 0) is 24.7 Å². The molecular weight excluding hydrogens is 721 g/mol. The van der Waals surface area contributed by atoms with Gasteiger partial charge in [0, 0.05) is 32.5 Å². The zero-order valence-electron chi connectivity index (χ0n) is 35.2. The molecule has 12 heteroatoms. The summed E-state index contributed by atoms with van der Waals surface area (Å²) in [5, 5.41) is 7.36. The summed E-state index contributed by atoms with van der Waals surface area (Å²) < 4.78 is 29.5. The Bertz CT molecular complexity index is 1800. The van der Waals surface area contributed by atoms with E-state index in [4.69, 9.17) is 33.3 Å². The van der Waals surface area contributed by atoms with E-state index in [0.717, 1.165) is 36.3 Å². The predicted molar refractivity (Wildman–Crippen MR) is 228 cm³/mol. The van der Waals surface area contributed by atoms with Crippen LogP contribution in [0.1, 0.15) is 83.5 Å². The van der Waals surface area contributed by atoms with Gasteiger partial charge in [0.15, 0.2) is 39.8 Å². The SMILES string of the molecule is COCC1OC(n2cnc3c(NCC(c4ccccc4)c4ccccc4)nc(CCNCC4CC4)nc32)C(O[Si](C)(C)C(C)(C)C)C1O[Si](C)(C)C(C)(C)C. The van der Waals surface area contributed by atoms with Gasteiger partial charge in [0.1, 0.15) is 24.1 Å². The first kappa shape index (κ1) is 41.7. The molecule has 1 aliphatic carbocycles. The average molecular weight is 787 g/mol. The molecule has 0 amide bonds. The molecule has 10 nitrogen and oxygen atoms in total. The highest BCUT2D eigenvalue weighted by Crippen LogP contribution is 2.46. The van der Waals surface area contributed by atoms with E-state index in [-0.39, 0.29) is 28.2 Å². The maximum Gasteiger partial charge on any atom is 0.192 e. The molecule has 2 aliphatic rings. The van der Waals surface area contributed by atoms with Crippen LogP contribution in [0.15, 0.2) is 67.0 Å². The minimum absolute atomic E-state index is 0.000463. The molecule has 2 aromatic heterocycles. The largest absolute Gasteiger partial charge is 0.408 e. The van der Waals surface area contributed by atoms with Gasteiger partial charge in [-0.1, -0.05) is 102 Å². The molecule has 1 aliphatic heterocycles. The quantitative estimate of drug-likeness (QED) is 0.0802. The van der Waals surface area contributed by atoms with Gasteiger partial charge in [0.2, 0.25) is 0 Å². The molecule has 2 N–H and O–H groups in total. The van der Waals surface area contributed by atoms with Gasteiger partial charge in [-0.2, -0.15) is 0 Å². The van der Waals surface area contributed by atoms with Gasteiger partial charge in [-0.05, 0) is 72.7 Å². The second-order valence-corrected chi connectivity index (χ2v) is 28.2. The number of methoxy groups -OCH3 is 1. The Kier molecular flexibility index (Phi) is 12.8. The number of rotatable bonds is 17. The molecule has 300 valence electrons. The highest BCUT2D eigenvalue weighted by atomic mass is 28.4. The molecule has 0 bridgehead atoms. The number of nitrogens with one attached hydrogen (secondary N) is 2. The number of fused-ring (bicyclic) bond motifs is 1. The number of hydrogen-bond acceptors (Lipinski definition) is 9. The van der Waals surface area contributed by atoms with Gasteiger partial charge in [0.25, 0.3) is 0 Å². The number of imidazole rings is 1. The van der Waals surface area contributed by atoms with E-state index < -0.39 is 29.0 Å². The van der Waals surface area contributed by atoms with Crippen LogP contribution in [0.3, 0.4) is 0 Å². The zero-order valence-corrected chi connectivity index (χ0v) is 37.2. The van der Waals surface area contributed by atoms with E-state index in [1.165, 1.54) is 24.0 Å². The van der Waals surface area contributed by atoms with E-state index in [2.05, 4.69) is 144 Å². The summed E-state index contributed by atoms with van der Waals surface area (Å²) in [6, 6.07) is 21.3. The average Bonchev–Trinajstić information content (AvgIpc) is 3.78. The van der Waals surface area contributed by atoms with E-state index in [1.54, 1.807) is 7.11 Å². The molecule has 55 heavy (non-hydrogen) atoms. The fraction of sp³-hybridized carbons (Fsp3) is 0.605. The van der Waals surface area contributed by atoms with Gasteiger partial charge in [-0.25, -0.2) is 15.0 Å². The summed E-state index contributed by atoms with van der Waals surface area (Å²) in [6.07, 6.45) is 3.59. The summed E-state index contributed by atoms with van der Waals surface area (Å²) in [5.41, 5.74) is 3.91. The Balaban J connectivity index is 1.41. The molecule has 1 saturated carbocycles. The summed E-state index contributed by atoms with van der Waals surface area (Å²) >= 11 is 0. The van der Waals surface area contributed by atoms with Crippen LogP contribution in [-0.4, -0.2) is 87.8 Å². The number of aromatic nitrogens is 4. The third kappa shape index (κ3) is 9.77. The van der Waals surface area contributed by atoms with Crippen LogP contribution in [0.4, 0.5) is 5.82 Å². The van der Waals surface area contributed by atoms with Gasteiger partial charge >= 0.3 is 0 Å². The Labute approximate surface area is 331 Å². The Morgan fingerprint density at radius 2 is 1.42 bits per heavy atom. The first-order valence-corrected chi connectivity index (χ1v) is 26.1. The molecule has 2 fully saturated rings. The van der Waals surface area contributed by atoms with Crippen LogP contribution in [0.25, 0.3) is 11.2 Å². The summed E-state index contributed by atoms with van der Waals surface area (Å²) in [4.78, 5) is 15.4. The highest BCUT2D eigenvalue weighted by Gasteiger charge is 2.54. The van der Waals surface area contributed by atoms with Crippen LogP contribution in [0, 0.1) is 5.92 Å². The Morgan fingerprint density at radius 3 is 1.96 bits per heavy atom. The van der Waals surface area contributed by atoms with Crippen molar-refractivity contribution in [3.63, 3.8) is 0 Å². The van der Waals surface area contributed by atoms with E-state index in [0.29, 0.717) is 25.1 Å².